The molecule has 0 aromatic carbocycles. The normalized spacial score (nSPS) is 12.4. The second-order valence-electron chi connectivity index (χ2n) is 12.9. The van der Waals surface area contributed by atoms with Crippen molar-refractivity contribution in [2.75, 3.05) is 13.2 Å². The predicted molar refractivity (Wildman–Crippen MR) is 184 cm³/mol. The number of phosphoric acid groups is 1. The Morgan fingerprint density at radius 2 is 0.800 bits per heavy atom. The first-order chi connectivity index (χ1) is 21.8. The van der Waals surface area contributed by atoms with Crippen LogP contribution < -0.4 is 0 Å². The van der Waals surface area contributed by atoms with Gasteiger partial charge in [-0.1, -0.05) is 174 Å². The summed E-state index contributed by atoms with van der Waals surface area (Å²) < 4.78 is 26.3. The molecule has 1 atom stereocenters. The highest BCUT2D eigenvalue weighted by Crippen LogP contribution is 2.36. The van der Waals surface area contributed by atoms with E-state index < -0.39 is 32.5 Å². The Hall–Kier alpha value is -0.950. The van der Waals surface area contributed by atoms with Gasteiger partial charge in [0.25, 0.3) is 0 Å². The van der Waals surface area contributed by atoms with E-state index in [1.54, 1.807) is 0 Å². The van der Waals surface area contributed by atoms with Crippen LogP contribution in [0.2, 0.25) is 0 Å². The largest absolute Gasteiger partial charge is 0.469 e. The Kier molecular flexibility index (Phi) is 32.3. The number of rotatable bonds is 35. The number of hydrogen-bond acceptors (Lipinski definition) is 6. The molecule has 0 rings (SSSR count). The van der Waals surface area contributed by atoms with Crippen LogP contribution in [0.3, 0.4) is 0 Å². The van der Waals surface area contributed by atoms with E-state index in [0.717, 1.165) is 32.1 Å². The summed E-state index contributed by atoms with van der Waals surface area (Å²) in [6, 6.07) is 0. The van der Waals surface area contributed by atoms with Gasteiger partial charge in [-0.3, -0.25) is 14.1 Å². The zero-order valence-corrected chi connectivity index (χ0v) is 30.2. The zero-order chi connectivity index (χ0) is 33.3. The van der Waals surface area contributed by atoms with Crippen molar-refractivity contribution < 1.29 is 37.9 Å². The van der Waals surface area contributed by atoms with Gasteiger partial charge in [0.2, 0.25) is 0 Å². The molecule has 9 heteroatoms. The smallest absolute Gasteiger partial charge is 0.462 e. The van der Waals surface area contributed by atoms with Crippen LogP contribution in [0.4, 0.5) is 0 Å². The van der Waals surface area contributed by atoms with Crippen molar-refractivity contribution in [3.8, 4) is 0 Å². The SMILES string of the molecule is CCCCCCCCCCCCCCCCC(=O)OC[C@H](COP(=O)(O)O)OC(=O)CCCCCCCCCCCCCCC. The molecule has 0 aromatic heterocycles. The summed E-state index contributed by atoms with van der Waals surface area (Å²) in [7, 11) is -4.74. The molecule has 268 valence electrons. The molecule has 0 saturated carbocycles. The van der Waals surface area contributed by atoms with Crippen molar-refractivity contribution in [2.45, 2.75) is 206 Å². The van der Waals surface area contributed by atoms with Crippen LogP contribution in [0.5, 0.6) is 0 Å². The average molecular weight is 663 g/mol. The fourth-order valence-electron chi connectivity index (χ4n) is 5.55. The van der Waals surface area contributed by atoms with E-state index in [4.69, 9.17) is 19.3 Å². The highest BCUT2D eigenvalue weighted by molar-refractivity contribution is 7.46. The Labute approximate surface area is 276 Å². The van der Waals surface area contributed by atoms with Gasteiger partial charge in [0.15, 0.2) is 6.10 Å². The Bertz CT molecular complexity index is 711. The van der Waals surface area contributed by atoms with Gasteiger partial charge in [-0.2, -0.15) is 0 Å². The third-order valence-electron chi connectivity index (χ3n) is 8.38. The molecule has 0 aliphatic carbocycles. The molecule has 0 fully saturated rings. The molecule has 0 aliphatic rings. The number of esters is 2. The summed E-state index contributed by atoms with van der Waals surface area (Å²) in [6.45, 7) is 3.69. The van der Waals surface area contributed by atoms with Crippen LogP contribution >= 0.6 is 7.82 Å². The van der Waals surface area contributed by atoms with Gasteiger partial charge in [0.1, 0.15) is 6.61 Å². The van der Waals surface area contributed by atoms with E-state index in [9.17, 15) is 14.2 Å². The summed E-state index contributed by atoms with van der Waals surface area (Å²) in [5.74, 6) is -0.872. The molecule has 0 heterocycles. The molecule has 0 bridgehead atoms. The maximum atomic E-state index is 12.3. The van der Waals surface area contributed by atoms with Gasteiger partial charge in [0, 0.05) is 12.8 Å². The number of carbonyl (C=O) groups excluding carboxylic acids is 2. The van der Waals surface area contributed by atoms with Crippen LogP contribution in [-0.4, -0.2) is 41.0 Å². The number of carbonyl (C=O) groups is 2. The molecular formula is C36H71O8P. The lowest BCUT2D eigenvalue weighted by Crippen LogP contribution is -2.29. The van der Waals surface area contributed by atoms with Gasteiger partial charge in [-0.25, -0.2) is 4.57 Å². The summed E-state index contributed by atoms with van der Waals surface area (Å²) in [5, 5.41) is 0. The van der Waals surface area contributed by atoms with E-state index in [-0.39, 0.29) is 19.4 Å². The highest BCUT2D eigenvalue weighted by Gasteiger charge is 2.22. The Morgan fingerprint density at radius 1 is 0.489 bits per heavy atom. The lowest BCUT2D eigenvalue weighted by atomic mass is 10.0. The van der Waals surface area contributed by atoms with Crippen molar-refractivity contribution in [1.29, 1.82) is 0 Å². The van der Waals surface area contributed by atoms with Crippen LogP contribution in [0.25, 0.3) is 0 Å². The van der Waals surface area contributed by atoms with Crippen molar-refractivity contribution in [1.82, 2.24) is 0 Å². The molecular weight excluding hydrogens is 591 g/mol. The second kappa shape index (κ2) is 33.0. The van der Waals surface area contributed by atoms with Crippen molar-refractivity contribution >= 4 is 19.8 Å². The van der Waals surface area contributed by atoms with Gasteiger partial charge in [-0.05, 0) is 12.8 Å². The van der Waals surface area contributed by atoms with E-state index >= 15 is 0 Å². The van der Waals surface area contributed by atoms with E-state index in [1.807, 2.05) is 0 Å². The quantitative estimate of drug-likeness (QED) is 0.0391. The van der Waals surface area contributed by atoms with Crippen molar-refractivity contribution in [3.63, 3.8) is 0 Å². The molecule has 0 saturated heterocycles. The molecule has 0 radical (unpaired) electrons. The fraction of sp³-hybridized carbons (Fsp3) is 0.944. The lowest BCUT2D eigenvalue weighted by molar-refractivity contribution is -0.161. The Balaban J connectivity index is 3.92. The minimum Gasteiger partial charge on any atom is -0.462 e. The topological polar surface area (TPSA) is 119 Å². The van der Waals surface area contributed by atoms with Gasteiger partial charge in [-0.15, -0.1) is 0 Å². The molecule has 8 nitrogen and oxygen atoms in total. The van der Waals surface area contributed by atoms with E-state index in [0.29, 0.717) is 6.42 Å². The molecule has 0 aliphatic heterocycles. The average Bonchev–Trinajstić information content (AvgIpc) is 3.00. The maximum absolute atomic E-state index is 12.3. The molecule has 0 spiro atoms. The van der Waals surface area contributed by atoms with Crippen LogP contribution in [0.15, 0.2) is 0 Å². The van der Waals surface area contributed by atoms with E-state index in [1.165, 1.54) is 135 Å². The second-order valence-corrected chi connectivity index (χ2v) is 14.2. The zero-order valence-electron chi connectivity index (χ0n) is 29.3. The third kappa shape index (κ3) is 35.7. The van der Waals surface area contributed by atoms with Gasteiger partial charge < -0.3 is 19.3 Å². The molecule has 0 amide bonds. The maximum Gasteiger partial charge on any atom is 0.469 e. The summed E-state index contributed by atoms with van der Waals surface area (Å²) in [6.07, 6.45) is 32.5. The van der Waals surface area contributed by atoms with Crippen LogP contribution in [0, 0.1) is 0 Å². The number of phosphoric ester groups is 1. The molecule has 45 heavy (non-hydrogen) atoms. The number of unbranched alkanes of at least 4 members (excludes halogenated alkanes) is 25. The Morgan fingerprint density at radius 3 is 1.13 bits per heavy atom. The number of hydrogen-bond donors (Lipinski definition) is 2. The summed E-state index contributed by atoms with van der Waals surface area (Å²) in [5.41, 5.74) is 0. The van der Waals surface area contributed by atoms with Crippen LogP contribution in [0.1, 0.15) is 200 Å². The van der Waals surface area contributed by atoms with Crippen molar-refractivity contribution in [2.24, 2.45) is 0 Å². The minimum absolute atomic E-state index is 0.219. The fourth-order valence-corrected chi connectivity index (χ4v) is 5.91. The van der Waals surface area contributed by atoms with Crippen molar-refractivity contribution in [3.05, 3.63) is 0 Å². The first kappa shape index (κ1) is 44.0. The number of ether oxygens (including phenoxy) is 2. The van der Waals surface area contributed by atoms with E-state index in [2.05, 4.69) is 18.4 Å². The molecule has 2 N–H and O–H groups in total. The van der Waals surface area contributed by atoms with Crippen LogP contribution in [-0.2, 0) is 28.2 Å². The lowest BCUT2D eigenvalue weighted by Gasteiger charge is -2.18. The molecule has 0 unspecified atom stereocenters. The molecule has 0 aromatic rings. The summed E-state index contributed by atoms with van der Waals surface area (Å²) >= 11 is 0. The summed E-state index contributed by atoms with van der Waals surface area (Å²) in [4.78, 5) is 42.6. The first-order valence-corrected chi connectivity index (χ1v) is 20.4. The minimum atomic E-state index is -4.74. The standard InChI is InChI=1S/C36H71O8P/c1-3-5-7-9-11-13-15-17-19-20-22-24-26-28-30-35(37)42-32-34(33-43-45(39,40)41)44-36(38)31-29-27-25-23-21-18-16-14-12-10-8-6-4-2/h34H,3-33H2,1-2H3,(H2,39,40,41)/t34-/m1/s1. The highest BCUT2D eigenvalue weighted by atomic mass is 31.2. The first-order valence-electron chi connectivity index (χ1n) is 18.8. The predicted octanol–water partition coefficient (Wildman–Crippen LogP) is 10.9. The van der Waals surface area contributed by atoms with Gasteiger partial charge in [0.05, 0.1) is 6.61 Å². The van der Waals surface area contributed by atoms with Gasteiger partial charge >= 0.3 is 19.8 Å². The third-order valence-corrected chi connectivity index (χ3v) is 8.86. The monoisotopic (exact) mass is 662 g/mol.